The lowest BCUT2D eigenvalue weighted by atomic mass is 10.0. The summed E-state index contributed by atoms with van der Waals surface area (Å²) >= 11 is 0. The molecule has 2 heterocycles. The fraction of sp³-hybridized carbons (Fsp3) is 0.444. The summed E-state index contributed by atoms with van der Waals surface area (Å²) in [6.07, 6.45) is 5.61. The van der Waals surface area contributed by atoms with Crippen LogP contribution >= 0.6 is 0 Å². The maximum Gasteiger partial charge on any atom is 0.244 e. The van der Waals surface area contributed by atoms with Crippen molar-refractivity contribution in [2.24, 2.45) is 7.05 Å². The number of rotatable bonds is 5. The smallest absolute Gasteiger partial charge is 0.244 e. The lowest BCUT2D eigenvalue weighted by molar-refractivity contribution is -0.122. The van der Waals surface area contributed by atoms with Crippen molar-refractivity contribution < 1.29 is 9.53 Å². The summed E-state index contributed by atoms with van der Waals surface area (Å²) in [7, 11) is 3.53. The van der Waals surface area contributed by atoms with Crippen molar-refractivity contribution in [3.8, 4) is 5.75 Å². The Balaban J connectivity index is 1.75. The topological polar surface area (TPSA) is 59.4 Å². The van der Waals surface area contributed by atoms with Crippen molar-refractivity contribution in [3.63, 3.8) is 0 Å². The molecule has 6 nitrogen and oxygen atoms in total. The van der Waals surface area contributed by atoms with Gasteiger partial charge in [0.15, 0.2) is 0 Å². The molecule has 2 atom stereocenters. The lowest BCUT2D eigenvalue weighted by Crippen LogP contribution is -2.51. The number of amides is 1. The molecule has 1 amide bonds. The molecule has 1 saturated heterocycles. The van der Waals surface area contributed by atoms with Crippen molar-refractivity contribution >= 4 is 11.6 Å². The third-order valence-corrected chi connectivity index (χ3v) is 4.49. The van der Waals surface area contributed by atoms with Crippen LogP contribution in [0, 0.1) is 0 Å². The average molecular weight is 328 g/mol. The van der Waals surface area contributed by atoms with Crippen LogP contribution < -0.4 is 15.0 Å². The number of methoxy groups -OCH3 is 1. The van der Waals surface area contributed by atoms with Gasteiger partial charge in [-0.2, -0.15) is 5.10 Å². The Labute approximate surface area is 142 Å². The first kappa shape index (κ1) is 16.5. The lowest BCUT2D eigenvalue weighted by Gasteiger charge is -2.34. The molecule has 1 aromatic carbocycles. The Kier molecular flexibility index (Phi) is 4.85. The zero-order valence-corrected chi connectivity index (χ0v) is 14.4. The number of nitrogens with zero attached hydrogens (tertiary/aromatic N) is 3. The summed E-state index contributed by atoms with van der Waals surface area (Å²) in [6, 6.07) is 7.54. The van der Waals surface area contributed by atoms with Crippen LogP contribution in [-0.2, 0) is 11.8 Å². The number of ether oxygens (including phenoxy) is 1. The van der Waals surface area contributed by atoms with Gasteiger partial charge in [-0.25, -0.2) is 0 Å². The molecule has 0 unspecified atom stereocenters. The van der Waals surface area contributed by atoms with E-state index in [2.05, 4.69) is 17.3 Å². The summed E-state index contributed by atoms with van der Waals surface area (Å²) in [6.45, 7) is 2.78. The molecule has 1 aromatic heterocycles. The van der Waals surface area contributed by atoms with Gasteiger partial charge >= 0.3 is 0 Å². The van der Waals surface area contributed by atoms with Crippen molar-refractivity contribution in [2.45, 2.75) is 31.8 Å². The van der Waals surface area contributed by atoms with E-state index in [0.717, 1.165) is 36.4 Å². The van der Waals surface area contributed by atoms with E-state index in [1.54, 1.807) is 11.8 Å². The summed E-state index contributed by atoms with van der Waals surface area (Å²) < 4.78 is 7.19. The first-order valence-corrected chi connectivity index (χ1v) is 8.29. The summed E-state index contributed by atoms with van der Waals surface area (Å²) in [5, 5.41) is 7.65. The minimum atomic E-state index is -0.195. The van der Waals surface area contributed by atoms with Crippen molar-refractivity contribution in [3.05, 3.63) is 42.2 Å². The van der Waals surface area contributed by atoms with Gasteiger partial charge in [0.05, 0.1) is 25.0 Å². The van der Waals surface area contributed by atoms with Crippen molar-refractivity contribution in [1.29, 1.82) is 0 Å². The number of aryl methyl sites for hydroxylation is 1. The normalized spacial score (nSPS) is 19.4. The Morgan fingerprint density at radius 2 is 2.17 bits per heavy atom. The van der Waals surface area contributed by atoms with Gasteiger partial charge in [0.1, 0.15) is 5.75 Å². The number of hydrogen-bond acceptors (Lipinski definition) is 4. The molecule has 1 aliphatic rings. The van der Waals surface area contributed by atoms with Gasteiger partial charge in [-0.15, -0.1) is 0 Å². The second kappa shape index (κ2) is 7.05. The molecule has 0 aliphatic carbocycles. The quantitative estimate of drug-likeness (QED) is 0.915. The molecule has 0 radical (unpaired) electrons. The van der Waals surface area contributed by atoms with Crippen LogP contribution in [0.4, 0.5) is 5.69 Å². The van der Waals surface area contributed by atoms with Crippen LogP contribution in [-0.4, -0.2) is 35.4 Å². The highest BCUT2D eigenvalue weighted by atomic mass is 16.5. The van der Waals surface area contributed by atoms with Crippen LogP contribution in [0.3, 0.4) is 0 Å². The van der Waals surface area contributed by atoms with Crippen LogP contribution in [0.2, 0.25) is 0 Å². The fourth-order valence-electron chi connectivity index (χ4n) is 3.18. The minimum absolute atomic E-state index is 0.0743. The number of anilines is 1. The molecule has 0 bridgehead atoms. The highest BCUT2D eigenvalue weighted by Crippen LogP contribution is 2.31. The Hall–Kier alpha value is -2.34. The highest BCUT2D eigenvalue weighted by molar-refractivity contribution is 5.99. The third-order valence-electron chi connectivity index (χ3n) is 4.49. The molecule has 128 valence electrons. The van der Waals surface area contributed by atoms with Gasteiger partial charge in [-0.1, -0.05) is 12.1 Å². The van der Waals surface area contributed by atoms with Crippen molar-refractivity contribution in [1.82, 2.24) is 15.1 Å². The van der Waals surface area contributed by atoms with Gasteiger partial charge in [0.25, 0.3) is 0 Å². The number of carbonyl (C=O) groups is 1. The summed E-state index contributed by atoms with van der Waals surface area (Å²) in [5.41, 5.74) is 1.92. The maximum absolute atomic E-state index is 13.0. The molecule has 1 fully saturated rings. The van der Waals surface area contributed by atoms with Crippen LogP contribution in [0.5, 0.6) is 5.75 Å². The van der Waals surface area contributed by atoms with Gasteiger partial charge in [-0.3, -0.25) is 14.8 Å². The number of para-hydroxylation sites is 2. The highest BCUT2D eigenvalue weighted by Gasteiger charge is 2.32. The molecular formula is C18H24N4O2. The summed E-state index contributed by atoms with van der Waals surface area (Å²) in [4.78, 5) is 14.8. The number of aromatic nitrogens is 2. The maximum atomic E-state index is 13.0. The van der Waals surface area contributed by atoms with E-state index >= 15 is 0 Å². The van der Waals surface area contributed by atoms with Crippen molar-refractivity contribution in [2.75, 3.05) is 18.6 Å². The Bertz CT molecular complexity index is 713. The Morgan fingerprint density at radius 1 is 1.38 bits per heavy atom. The van der Waals surface area contributed by atoms with E-state index < -0.39 is 0 Å². The predicted molar refractivity (Wildman–Crippen MR) is 93.1 cm³/mol. The second-order valence-corrected chi connectivity index (χ2v) is 6.19. The SMILES string of the molecule is COc1ccccc1N1CCC[C@@H](N[C@@H](C)c2cnn(C)c2)C1=O. The van der Waals surface area contributed by atoms with Crippen LogP contribution in [0.1, 0.15) is 31.4 Å². The van der Waals surface area contributed by atoms with E-state index in [1.165, 1.54) is 0 Å². The van der Waals surface area contributed by atoms with Crippen LogP contribution in [0.25, 0.3) is 0 Å². The molecule has 2 aromatic rings. The minimum Gasteiger partial charge on any atom is -0.495 e. The fourth-order valence-corrected chi connectivity index (χ4v) is 3.18. The zero-order valence-electron chi connectivity index (χ0n) is 14.4. The van der Waals surface area contributed by atoms with E-state index in [9.17, 15) is 4.79 Å². The number of benzene rings is 1. The molecule has 6 heteroatoms. The van der Waals surface area contributed by atoms with E-state index in [-0.39, 0.29) is 18.0 Å². The second-order valence-electron chi connectivity index (χ2n) is 6.19. The van der Waals surface area contributed by atoms with E-state index in [0.29, 0.717) is 0 Å². The standard InChI is InChI=1S/C18H24N4O2/c1-13(14-11-19-21(2)12-14)20-15-7-6-10-22(18(15)23)16-8-4-5-9-17(16)24-3/h4-5,8-9,11-13,15,20H,6-7,10H2,1-3H3/t13-,15+/m0/s1. The molecular weight excluding hydrogens is 304 g/mol. The van der Waals surface area contributed by atoms with E-state index in [4.69, 9.17) is 4.74 Å². The summed E-state index contributed by atoms with van der Waals surface area (Å²) in [5.74, 6) is 0.827. The first-order valence-electron chi connectivity index (χ1n) is 8.29. The van der Waals surface area contributed by atoms with Crippen LogP contribution in [0.15, 0.2) is 36.7 Å². The molecule has 0 spiro atoms. The predicted octanol–water partition coefficient (Wildman–Crippen LogP) is 2.27. The monoisotopic (exact) mass is 328 g/mol. The van der Waals surface area contributed by atoms with Gasteiger partial charge < -0.3 is 9.64 Å². The third kappa shape index (κ3) is 3.28. The molecule has 3 rings (SSSR count). The first-order chi connectivity index (χ1) is 11.6. The molecule has 1 aliphatic heterocycles. The molecule has 1 N–H and O–H groups in total. The largest absolute Gasteiger partial charge is 0.495 e. The van der Waals surface area contributed by atoms with Gasteiger partial charge in [0.2, 0.25) is 5.91 Å². The van der Waals surface area contributed by atoms with E-state index in [1.807, 2.05) is 48.6 Å². The number of nitrogens with one attached hydrogen (secondary N) is 1. The molecule has 0 saturated carbocycles. The van der Waals surface area contributed by atoms with Gasteiger partial charge in [0, 0.05) is 31.4 Å². The molecule has 24 heavy (non-hydrogen) atoms. The number of piperidine rings is 1. The number of carbonyl (C=O) groups excluding carboxylic acids is 1. The number of hydrogen-bond donors (Lipinski definition) is 1. The average Bonchev–Trinajstić information content (AvgIpc) is 3.03. The zero-order chi connectivity index (χ0) is 17.1. The Morgan fingerprint density at radius 3 is 2.88 bits per heavy atom. The van der Waals surface area contributed by atoms with Gasteiger partial charge in [-0.05, 0) is 31.9 Å².